The summed E-state index contributed by atoms with van der Waals surface area (Å²) in [7, 11) is 0. The van der Waals surface area contributed by atoms with Crippen molar-refractivity contribution in [1.82, 2.24) is 9.78 Å². The lowest BCUT2D eigenvalue weighted by Crippen LogP contribution is -2.10. The second kappa shape index (κ2) is 6.36. The van der Waals surface area contributed by atoms with Gasteiger partial charge in [0.2, 0.25) is 0 Å². The Balaban J connectivity index is 2.10. The molecule has 0 radical (unpaired) electrons. The molecule has 0 saturated heterocycles. The molecule has 1 aromatic carbocycles. The number of hydrogen-bond donors (Lipinski definition) is 1. The standard InChI is InChI=1S/C14H17F2N3O/c1-3-19-11(8-10(2)18-19)9-17-12-6-4-5-7-13(12)20-14(15)16/h4-8,14,17H,3,9H2,1-2H3. The molecule has 0 unspecified atom stereocenters. The SMILES string of the molecule is CCn1nc(C)cc1CNc1ccccc1OC(F)F. The normalized spacial score (nSPS) is 10.8. The van der Waals surface area contributed by atoms with Gasteiger partial charge in [0, 0.05) is 6.54 Å². The fourth-order valence-electron chi connectivity index (χ4n) is 2.01. The number of para-hydroxylation sites is 2. The van der Waals surface area contributed by atoms with Crippen LogP contribution in [-0.2, 0) is 13.1 Å². The van der Waals surface area contributed by atoms with Gasteiger partial charge in [-0.05, 0) is 32.0 Å². The van der Waals surface area contributed by atoms with E-state index in [9.17, 15) is 8.78 Å². The smallest absolute Gasteiger partial charge is 0.387 e. The van der Waals surface area contributed by atoms with Crippen LogP contribution in [0, 0.1) is 6.92 Å². The molecule has 4 nitrogen and oxygen atoms in total. The fourth-order valence-corrected chi connectivity index (χ4v) is 2.01. The Morgan fingerprint density at radius 2 is 2.10 bits per heavy atom. The third-order valence-electron chi connectivity index (χ3n) is 2.85. The molecular weight excluding hydrogens is 264 g/mol. The van der Waals surface area contributed by atoms with E-state index in [1.165, 1.54) is 6.07 Å². The summed E-state index contributed by atoms with van der Waals surface area (Å²) in [5.41, 5.74) is 2.46. The van der Waals surface area contributed by atoms with Crippen molar-refractivity contribution in [3.63, 3.8) is 0 Å². The minimum Gasteiger partial charge on any atom is -0.433 e. The number of ether oxygens (including phenoxy) is 1. The number of halogens is 2. The van der Waals surface area contributed by atoms with Crippen LogP contribution in [0.2, 0.25) is 0 Å². The Hall–Kier alpha value is -2.11. The summed E-state index contributed by atoms with van der Waals surface area (Å²) in [5, 5.41) is 7.44. The summed E-state index contributed by atoms with van der Waals surface area (Å²) in [5.74, 6) is 0.141. The third kappa shape index (κ3) is 3.46. The van der Waals surface area contributed by atoms with Gasteiger partial charge in [0.1, 0.15) is 5.75 Å². The van der Waals surface area contributed by atoms with E-state index in [1.54, 1.807) is 18.2 Å². The van der Waals surface area contributed by atoms with Crippen LogP contribution in [0.1, 0.15) is 18.3 Å². The average molecular weight is 281 g/mol. The van der Waals surface area contributed by atoms with Crippen molar-refractivity contribution in [3.05, 3.63) is 41.7 Å². The van der Waals surface area contributed by atoms with Gasteiger partial charge < -0.3 is 10.1 Å². The summed E-state index contributed by atoms with van der Waals surface area (Å²) >= 11 is 0. The van der Waals surface area contributed by atoms with Crippen molar-refractivity contribution in [3.8, 4) is 5.75 Å². The van der Waals surface area contributed by atoms with Gasteiger partial charge in [0.15, 0.2) is 0 Å². The number of benzene rings is 1. The molecule has 0 fully saturated rings. The minimum atomic E-state index is -2.83. The van der Waals surface area contributed by atoms with Crippen molar-refractivity contribution < 1.29 is 13.5 Å². The second-order valence-electron chi connectivity index (χ2n) is 4.32. The Labute approximate surface area is 116 Å². The molecule has 0 saturated carbocycles. The van der Waals surface area contributed by atoms with E-state index >= 15 is 0 Å². The highest BCUT2D eigenvalue weighted by atomic mass is 19.3. The van der Waals surface area contributed by atoms with Crippen LogP contribution in [0.4, 0.5) is 14.5 Å². The molecule has 0 aliphatic rings. The van der Waals surface area contributed by atoms with Gasteiger partial charge in [0.25, 0.3) is 0 Å². The summed E-state index contributed by atoms with van der Waals surface area (Å²) in [6.45, 7) is 2.35. The van der Waals surface area contributed by atoms with Gasteiger partial charge >= 0.3 is 6.61 Å². The topological polar surface area (TPSA) is 39.1 Å². The molecule has 1 heterocycles. The van der Waals surface area contributed by atoms with Crippen LogP contribution in [0.5, 0.6) is 5.75 Å². The number of nitrogens with one attached hydrogen (secondary N) is 1. The predicted molar refractivity (Wildman–Crippen MR) is 73.0 cm³/mol. The fraction of sp³-hybridized carbons (Fsp3) is 0.357. The van der Waals surface area contributed by atoms with Gasteiger partial charge in [-0.15, -0.1) is 0 Å². The first-order valence-corrected chi connectivity index (χ1v) is 6.41. The molecule has 0 atom stereocenters. The van der Waals surface area contributed by atoms with E-state index in [2.05, 4.69) is 15.2 Å². The highest BCUT2D eigenvalue weighted by Gasteiger charge is 2.10. The molecule has 0 aliphatic heterocycles. The van der Waals surface area contributed by atoms with E-state index in [0.29, 0.717) is 12.2 Å². The molecule has 0 amide bonds. The molecule has 2 aromatic rings. The Bertz CT molecular complexity index is 569. The highest BCUT2D eigenvalue weighted by Crippen LogP contribution is 2.26. The van der Waals surface area contributed by atoms with Crippen molar-refractivity contribution in [2.24, 2.45) is 0 Å². The second-order valence-corrected chi connectivity index (χ2v) is 4.32. The predicted octanol–water partition coefficient (Wildman–Crippen LogP) is 3.42. The van der Waals surface area contributed by atoms with Gasteiger partial charge in [0.05, 0.1) is 23.6 Å². The van der Waals surface area contributed by atoms with E-state index in [-0.39, 0.29) is 5.75 Å². The molecule has 2 rings (SSSR count). The summed E-state index contributed by atoms with van der Waals surface area (Å²) < 4.78 is 31.0. The van der Waals surface area contributed by atoms with Gasteiger partial charge in [-0.2, -0.15) is 13.9 Å². The number of alkyl halides is 2. The third-order valence-corrected chi connectivity index (χ3v) is 2.85. The first-order chi connectivity index (χ1) is 9.60. The first kappa shape index (κ1) is 14.3. The molecule has 0 spiro atoms. The molecule has 0 aliphatic carbocycles. The van der Waals surface area contributed by atoms with E-state index < -0.39 is 6.61 Å². The van der Waals surface area contributed by atoms with Crippen LogP contribution in [0.25, 0.3) is 0 Å². The van der Waals surface area contributed by atoms with E-state index in [1.807, 2.05) is 24.6 Å². The molecule has 1 N–H and O–H groups in total. The zero-order valence-electron chi connectivity index (χ0n) is 11.4. The van der Waals surface area contributed by atoms with Crippen LogP contribution >= 0.6 is 0 Å². The highest BCUT2D eigenvalue weighted by molar-refractivity contribution is 5.56. The largest absolute Gasteiger partial charge is 0.433 e. The molecule has 20 heavy (non-hydrogen) atoms. The summed E-state index contributed by atoms with van der Waals surface area (Å²) in [6, 6.07) is 8.60. The van der Waals surface area contributed by atoms with Crippen molar-refractivity contribution in [2.75, 3.05) is 5.32 Å². The maximum absolute atomic E-state index is 12.3. The monoisotopic (exact) mass is 281 g/mol. The number of rotatable bonds is 6. The lowest BCUT2D eigenvalue weighted by Gasteiger charge is -2.12. The molecule has 6 heteroatoms. The Morgan fingerprint density at radius 1 is 1.35 bits per heavy atom. The number of anilines is 1. The van der Waals surface area contributed by atoms with Crippen LogP contribution in [0.3, 0.4) is 0 Å². The maximum atomic E-state index is 12.3. The Kier molecular flexibility index (Phi) is 4.55. The van der Waals surface area contributed by atoms with Gasteiger partial charge in [-0.25, -0.2) is 0 Å². The minimum absolute atomic E-state index is 0.141. The zero-order chi connectivity index (χ0) is 14.5. The number of aryl methyl sites for hydroxylation is 2. The number of hydrogen-bond acceptors (Lipinski definition) is 3. The van der Waals surface area contributed by atoms with E-state index in [0.717, 1.165) is 17.9 Å². The quantitative estimate of drug-likeness (QED) is 0.881. The van der Waals surface area contributed by atoms with Crippen molar-refractivity contribution >= 4 is 5.69 Å². The number of aromatic nitrogens is 2. The van der Waals surface area contributed by atoms with Crippen LogP contribution < -0.4 is 10.1 Å². The van der Waals surface area contributed by atoms with Crippen LogP contribution in [0.15, 0.2) is 30.3 Å². The molecule has 108 valence electrons. The van der Waals surface area contributed by atoms with E-state index in [4.69, 9.17) is 0 Å². The lowest BCUT2D eigenvalue weighted by atomic mass is 10.3. The summed E-state index contributed by atoms with van der Waals surface area (Å²) in [4.78, 5) is 0. The van der Waals surface area contributed by atoms with Gasteiger partial charge in [-0.1, -0.05) is 12.1 Å². The lowest BCUT2D eigenvalue weighted by molar-refractivity contribution is -0.0493. The van der Waals surface area contributed by atoms with Crippen molar-refractivity contribution in [1.29, 1.82) is 0 Å². The van der Waals surface area contributed by atoms with Gasteiger partial charge in [-0.3, -0.25) is 4.68 Å². The number of nitrogens with zero attached hydrogens (tertiary/aromatic N) is 2. The zero-order valence-corrected chi connectivity index (χ0v) is 11.4. The summed E-state index contributed by atoms with van der Waals surface area (Å²) in [6.07, 6.45) is 0. The molecule has 0 bridgehead atoms. The molecular formula is C14H17F2N3O. The Morgan fingerprint density at radius 3 is 2.80 bits per heavy atom. The maximum Gasteiger partial charge on any atom is 0.387 e. The van der Waals surface area contributed by atoms with Crippen molar-refractivity contribution in [2.45, 2.75) is 33.5 Å². The first-order valence-electron chi connectivity index (χ1n) is 6.41. The van der Waals surface area contributed by atoms with Crippen LogP contribution in [-0.4, -0.2) is 16.4 Å². The molecule has 1 aromatic heterocycles. The average Bonchev–Trinajstić information content (AvgIpc) is 2.77.